The van der Waals surface area contributed by atoms with Gasteiger partial charge < -0.3 is 0 Å². The van der Waals surface area contributed by atoms with Gasteiger partial charge in [-0.1, -0.05) is 59.4 Å². The summed E-state index contributed by atoms with van der Waals surface area (Å²) in [5.41, 5.74) is 2.28. The highest BCUT2D eigenvalue weighted by molar-refractivity contribution is 7.91. The van der Waals surface area contributed by atoms with Gasteiger partial charge in [0.25, 0.3) is 15.9 Å². The van der Waals surface area contributed by atoms with Crippen LogP contribution >= 0.6 is 11.3 Å². The van der Waals surface area contributed by atoms with Gasteiger partial charge in [-0.15, -0.1) is 10.2 Å². The molecular weight excluding hydrogens is 384 g/mol. The van der Waals surface area contributed by atoms with Gasteiger partial charge in [-0.05, 0) is 24.6 Å². The summed E-state index contributed by atoms with van der Waals surface area (Å²) in [6, 6.07) is 16.3. The Morgan fingerprint density at radius 1 is 1.11 bits per heavy atom. The molecule has 1 aromatic heterocycles. The third kappa shape index (κ3) is 4.57. The van der Waals surface area contributed by atoms with E-state index in [1.807, 2.05) is 43.3 Å². The number of anilines is 1. The van der Waals surface area contributed by atoms with Crippen molar-refractivity contribution in [1.29, 1.82) is 0 Å². The molecule has 0 saturated heterocycles. The van der Waals surface area contributed by atoms with E-state index in [-0.39, 0.29) is 21.9 Å². The molecule has 0 aliphatic heterocycles. The second kappa shape index (κ2) is 7.95. The Bertz CT molecular complexity index is 1050. The molecular formula is C18H18N4O3S2. The first-order valence-corrected chi connectivity index (χ1v) is 10.3. The molecule has 0 unspecified atom stereocenters. The molecule has 1 N–H and O–H groups in total. The molecule has 3 aromatic rings. The number of amides is 1. The Morgan fingerprint density at radius 3 is 2.56 bits per heavy atom. The van der Waals surface area contributed by atoms with Crippen LogP contribution in [0.5, 0.6) is 0 Å². The third-order valence-electron chi connectivity index (χ3n) is 3.79. The van der Waals surface area contributed by atoms with Crippen LogP contribution in [0.25, 0.3) is 0 Å². The molecule has 3 rings (SSSR count). The van der Waals surface area contributed by atoms with E-state index >= 15 is 0 Å². The minimum absolute atomic E-state index is 0.133. The van der Waals surface area contributed by atoms with Crippen LogP contribution in [-0.2, 0) is 16.6 Å². The molecule has 7 nitrogen and oxygen atoms in total. The Hall–Kier alpha value is -2.62. The smallest absolute Gasteiger partial charge is 0.272 e. The summed E-state index contributed by atoms with van der Waals surface area (Å²) in [4.78, 5) is 12.3. The van der Waals surface area contributed by atoms with E-state index in [9.17, 15) is 13.2 Å². The molecule has 9 heteroatoms. The molecule has 2 aromatic carbocycles. The summed E-state index contributed by atoms with van der Waals surface area (Å²) in [7, 11) is -2.32. The molecule has 0 aliphatic carbocycles. The number of benzene rings is 2. The first kappa shape index (κ1) is 19.2. The zero-order valence-corrected chi connectivity index (χ0v) is 16.4. The first-order chi connectivity index (χ1) is 12.9. The Balaban J connectivity index is 1.73. The van der Waals surface area contributed by atoms with E-state index in [4.69, 9.17) is 0 Å². The Labute approximate surface area is 161 Å². The standard InChI is InChI=1S/C18H18N4O3S2/c1-13-7-6-10-15(11-13)16(23)19-17-20-21-18(26-17)27(24,25)22(2)12-14-8-4-3-5-9-14/h3-11H,12H2,1-2H3,(H,19,20,23). The molecule has 1 heterocycles. The van der Waals surface area contributed by atoms with Crippen LogP contribution in [0.3, 0.4) is 0 Å². The summed E-state index contributed by atoms with van der Waals surface area (Å²) in [6.45, 7) is 2.10. The lowest BCUT2D eigenvalue weighted by molar-refractivity contribution is 0.102. The van der Waals surface area contributed by atoms with E-state index in [2.05, 4.69) is 15.5 Å². The fourth-order valence-electron chi connectivity index (χ4n) is 2.38. The van der Waals surface area contributed by atoms with Crippen LogP contribution in [0.15, 0.2) is 58.9 Å². The van der Waals surface area contributed by atoms with E-state index < -0.39 is 10.0 Å². The Kier molecular flexibility index (Phi) is 5.64. The zero-order valence-electron chi connectivity index (χ0n) is 14.8. The van der Waals surface area contributed by atoms with Gasteiger partial charge in [0.15, 0.2) is 0 Å². The number of hydrogen-bond donors (Lipinski definition) is 1. The maximum atomic E-state index is 12.7. The van der Waals surface area contributed by atoms with Crippen LogP contribution in [0.2, 0.25) is 0 Å². The predicted octanol–water partition coefficient (Wildman–Crippen LogP) is 2.92. The van der Waals surface area contributed by atoms with Crippen molar-refractivity contribution in [3.8, 4) is 0 Å². The highest BCUT2D eigenvalue weighted by Gasteiger charge is 2.26. The topological polar surface area (TPSA) is 92.3 Å². The average Bonchev–Trinajstić information content (AvgIpc) is 3.12. The lowest BCUT2D eigenvalue weighted by Gasteiger charge is -2.14. The second-order valence-corrected chi connectivity index (χ2v) is 9.14. The fourth-order valence-corrected chi connectivity index (χ4v) is 4.62. The van der Waals surface area contributed by atoms with Crippen LogP contribution in [0, 0.1) is 6.92 Å². The maximum absolute atomic E-state index is 12.7. The number of carbonyl (C=O) groups excluding carboxylic acids is 1. The van der Waals surface area contributed by atoms with Gasteiger partial charge in [0.1, 0.15) is 0 Å². The van der Waals surface area contributed by atoms with Crippen molar-refractivity contribution < 1.29 is 13.2 Å². The molecule has 0 aliphatic rings. The number of aromatic nitrogens is 2. The molecule has 0 spiro atoms. The average molecular weight is 403 g/mol. The number of nitrogens with one attached hydrogen (secondary N) is 1. The SMILES string of the molecule is Cc1cccc(C(=O)Nc2nnc(S(=O)(=O)N(C)Cc3ccccc3)s2)c1. The summed E-state index contributed by atoms with van der Waals surface area (Å²) in [6.07, 6.45) is 0. The lowest BCUT2D eigenvalue weighted by atomic mass is 10.1. The fraction of sp³-hybridized carbons (Fsp3) is 0.167. The largest absolute Gasteiger partial charge is 0.296 e. The zero-order chi connectivity index (χ0) is 19.4. The number of sulfonamides is 1. The maximum Gasteiger partial charge on any atom is 0.272 e. The first-order valence-electron chi connectivity index (χ1n) is 8.08. The van der Waals surface area contributed by atoms with Crippen LogP contribution in [-0.4, -0.2) is 35.9 Å². The molecule has 140 valence electrons. The third-order valence-corrected chi connectivity index (χ3v) is 6.77. The van der Waals surface area contributed by atoms with E-state index in [0.717, 1.165) is 22.5 Å². The minimum atomic E-state index is -3.80. The van der Waals surface area contributed by atoms with Crippen molar-refractivity contribution in [1.82, 2.24) is 14.5 Å². The molecule has 0 atom stereocenters. The van der Waals surface area contributed by atoms with Crippen molar-refractivity contribution in [2.45, 2.75) is 17.8 Å². The van der Waals surface area contributed by atoms with Crippen molar-refractivity contribution in [3.05, 3.63) is 71.3 Å². The van der Waals surface area contributed by atoms with Crippen molar-refractivity contribution in [3.63, 3.8) is 0 Å². The van der Waals surface area contributed by atoms with Gasteiger partial charge in [-0.3, -0.25) is 10.1 Å². The number of nitrogens with zero attached hydrogens (tertiary/aromatic N) is 3. The highest BCUT2D eigenvalue weighted by atomic mass is 32.2. The highest BCUT2D eigenvalue weighted by Crippen LogP contribution is 2.24. The quantitative estimate of drug-likeness (QED) is 0.640. The van der Waals surface area contributed by atoms with Gasteiger partial charge in [0.05, 0.1) is 0 Å². The molecule has 0 radical (unpaired) electrons. The second-order valence-electron chi connectivity index (χ2n) is 5.94. The van der Waals surface area contributed by atoms with E-state index in [0.29, 0.717) is 5.56 Å². The molecule has 27 heavy (non-hydrogen) atoms. The Morgan fingerprint density at radius 2 is 1.85 bits per heavy atom. The van der Waals surface area contributed by atoms with E-state index in [1.165, 1.54) is 11.4 Å². The van der Waals surface area contributed by atoms with Gasteiger partial charge in [-0.25, -0.2) is 8.42 Å². The van der Waals surface area contributed by atoms with Crippen molar-refractivity contribution >= 4 is 32.4 Å². The monoisotopic (exact) mass is 402 g/mol. The van der Waals surface area contributed by atoms with Crippen LogP contribution < -0.4 is 5.32 Å². The van der Waals surface area contributed by atoms with Crippen LogP contribution in [0.1, 0.15) is 21.5 Å². The molecule has 0 fully saturated rings. The molecule has 1 amide bonds. The number of hydrogen-bond acceptors (Lipinski definition) is 6. The molecule has 0 bridgehead atoms. The van der Waals surface area contributed by atoms with Crippen molar-refractivity contribution in [2.75, 3.05) is 12.4 Å². The molecule has 0 saturated carbocycles. The predicted molar refractivity (Wildman–Crippen MR) is 104 cm³/mol. The van der Waals surface area contributed by atoms with Gasteiger partial charge in [0, 0.05) is 19.2 Å². The summed E-state index contributed by atoms with van der Waals surface area (Å²) in [5.74, 6) is -0.364. The number of rotatable bonds is 6. The summed E-state index contributed by atoms with van der Waals surface area (Å²) < 4.78 is 26.4. The van der Waals surface area contributed by atoms with Crippen LogP contribution in [0.4, 0.5) is 5.13 Å². The number of aryl methyl sites for hydroxylation is 1. The number of carbonyl (C=O) groups is 1. The minimum Gasteiger partial charge on any atom is -0.296 e. The summed E-state index contributed by atoms with van der Waals surface area (Å²) >= 11 is 0.822. The van der Waals surface area contributed by atoms with Crippen molar-refractivity contribution in [2.24, 2.45) is 0 Å². The van der Waals surface area contributed by atoms with Gasteiger partial charge >= 0.3 is 0 Å². The summed E-state index contributed by atoms with van der Waals surface area (Å²) in [5, 5.41) is 10.3. The van der Waals surface area contributed by atoms with Gasteiger partial charge in [0.2, 0.25) is 9.47 Å². The lowest BCUT2D eigenvalue weighted by Crippen LogP contribution is -2.26. The van der Waals surface area contributed by atoms with E-state index in [1.54, 1.807) is 18.2 Å². The van der Waals surface area contributed by atoms with Gasteiger partial charge in [-0.2, -0.15) is 4.31 Å². The normalized spacial score (nSPS) is 11.5.